The van der Waals surface area contributed by atoms with E-state index >= 15 is 0 Å². The molecule has 0 N–H and O–H groups in total. The van der Waals surface area contributed by atoms with Crippen molar-refractivity contribution in [3.8, 4) is 0 Å². The van der Waals surface area contributed by atoms with Crippen LogP contribution in [0.3, 0.4) is 0 Å². The molecule has 1 aromatic rings. The number of piperidine rings is 1. The van der Waals surface area contributed by atoms with Crippen LogP contribution in [0, 0.1) is 6.92 Å². The van der Waals surface area contributed by atoms with Gasteiger partial charge in [-0.3, -0.25) is 9.59 Å². The average molecular weight is 457 g/mol. The molecule has 1 unspecified atom stereocenters. The summed E-state index contributed by atoms with van der Waals surface area (Å²) in [6.45, 7) is 7.80. The maximum Gasteiger partial charge on any atom is 0.336 e. The SMILES string of the molecule is CCOC(=O)C1=C(C)N(CC(=O)N2CCC3(CC2)OCCO3)C(=O)CC1c1cccc(C)c1. The van der Waals surface area contributed by atoms with Gasteiger partial charge in [0.15, 0.2) is 5.79 Å². The smallest absolute Gasteiger partial charge is 0.336 e. The van der Waals surface area contributed by atoms with Gasteiger partial charge in [0.05, 0.1) is 25.4 Å². The number of amides is 2. The Morgan fingerprint density at radius 1 is 1.15 bits per heavy atom. The van der Waals surface area contributed by atoms with Gasteiger partial charge in [0.2, 0.25) is 11.8 Å². The van der Waals surface area contributed by atoms with E-state index < -0.39 is 17.7 Å². The minimum absolute atomic E-state index is 0.0944. The number of esters is 1. The van der Waals surface area contributed by atoms with Crippen LogP contribution in [0.2, 0.25) is 0 Å². The zero-order chi connectivity index (χ0) is 23.6. The first-order chi connectivity index (χ1) is 15.8. The normalized spacial score (nSPS) is 22.8. The van der Waals surface area contributed by atoms with Crippen molar-refractivity contribution in [2.24, 2.45) is 0 Å². The number of carbonyl (C=O) groups excluding carboxylic acids is 3. The molecule has 1 spiro atoms. The number of hydrogen-bond acceptors (Lipinski definition) is 6. The second-order valence-electron chi connectivity index (χ2n) is 8.86. The standard InChI is InChI=1S/C25H32N2O6/c1-4-31-24(30)23-18(3)27(21(28)15-20(23)19-7-5-6-17(2)14-19)16-22(29)26-10-8-25(9-11-26)32-12-13-33-25/h5-7,14,20H,4,8-13,15-16H2,1-3H3. The lowest BCUT2D eigenvalue weighted by molar-refractivity contribution is -0.187. The van der Waals surface area contributed by atoms with Crippen molar-refractivity contribution < 1.29 is 28.6 Å². The highest BCUT2D eigenvalue weighted by Gasteiger charge is 2.42. The molecule has 0 bridgehead atoms. The number of carbonyl (C=O) groups is 3. The van der Waals surface area contributed by atoms with Gasteiger partial charge in [0.1, 0.15) is 6.54 Å². The van der Waals surface area contributed by atoms with Gasteiger partial charge in [-0.25, -0.2) is 4.79 Å². The highest BCUT2D eigenvalue weighted by molar-refractivity contribution is 5.97. The van der Waals surface area contributed by atoms with Crippen molar-refractivity contribution in [1.82, 2.24) is 9.80 Å². The summed E-state index contributed by atoms with van der Waals surface area (Å²) in [7, 11) is 0. The zero-order valence-corrected chi connectivity index (χ0v) is 19.6. The molecule has 33 heavy (non-hydrogen) atoms. The van der Waals surface area contributed by atoms with E-state index in [0.717, 1.165) is 11.1 Å². The minimum Gasteiger partial charge on any atom is -0.463 e. The van der Waals surface area contributed by atoms with Crippen molar-refractivity contribution in [2.45, 2.75) is 51.7 Å². The second kappa shape index (κ2) is 9.65. The van der Waals surface area contributed by atoms with Crippen LogP contribution in [-0.2, 0) is 28.6 Å². The van der Waals surface area contributed by atoms with E-state index in [1.54, 1.807) is 18.7 Å². The lowest BCUT2D eigenvalue weighted by Crippen LogP contribution is -2.51. The average Bonchev–Trinajstić information content (AvgIpc) is 3.24. The molecule has 3 aliphatic heterocycles. The number of allylic oxidation sites excluding steroid dienone is 1. The van der Waals surface area contributed by atoms with Crippen LogP contribution in [-0.4, -0.2) is 72.8 Å². The second-order valence-corrected chi connectivity index (χ2v) is 8.86. The zero-order valence-electron chi connectivity index (χ0n) is 19.6. The predicted octanol–water partition coefficient (Wildman–Crippen LogP) is 2.51. The highest BCUT2D eigenvalue weighted by Crippen LogP contribution is 2.37. The molecule has 2 amide bonds. The highest BCUT2D eigenvalue weighted by atomic mass is 16.7. The molecular formula is C25H32N2O6. The maximum atomic E-state index is 13.2. The molecule has 8 nitrogen and oxygen atoms in total. The third-order valence-electron chi connectivity index (χ3n) is 6.75. The molecule has 0 aromatic heterocycles. The van der Waals surface area contributed by atoms with Crippen LogP contribution < -0.4 is 0 Å². The first-order valence-electron chi connectivity index (χ1n) is 11.6. The van der Waals surface area contributed by atoms with E-state index in [9.17, 15) is 14.4 Å². The van der Waals surface area contributed by atoms with E-state index in [1.807, 2.05) is 31.2 Å². The number of rotatable bonds is 5. The van der Waals surface area contributed by atoms with Crippen LogP contribution in [0.4, 0.5) is 0 Å². The Bertz CT molecular complexity index is 955. The van der Waals surface area contributed by atoms with E-state index in [-0.39, 0.29) is 31.4 Å². The lowest BCUT2D eigenvalue weighted by atomic mass is 9.83. The molecule has 8 heteroatoms. The molecular weight excluding hydrogens is 424 g/mol. The Morgan fingerprint density at radius 3 is 2.48 bits per heavy atom. The van der Waals surface area contributed by atoms with E-state index in [2.05, 4.69) is 0 Å². The van der Waals surface area contributed by atoms with Crippen molar-refractivity contribution in [3.05, 3.63) is 46.7 Å². The maximum absolute atomic E-state index is 13.2. The van der Waals surface area contributed by atoms with Gasteiger partial charge >= 0.3 is 5.97 Å². The minimum atomic E-state index is -0.564. The topological polar surface area (TPSA) is 85.4 Å². The third kappa shape index (κ3) is 4.82. The molecule has 2 saturated heterocycles. The third-order valence-corrected chi connectivity index (χ3v) is 6.75. The number of likely N-dealkylation sites (tertiary alicyclic amines) is 1. The fourth-order valence-corrected chi connectivity index (χ4v) is 4.97. The van der Waals surface area contributed by atoms with E-state index in [4.69, 9.17) is 14.2 Å². The summed E-state index contributed by atoms with van der Waals surface area (Å²) in [5.41, 5.74) is 2.88. The summed E-state index contributed by atoms with van der Waals surface area (Å²) in [4.78, 5) is 42.3. The van der Waals surface area contributed by atoms with Crippen molar-refractivity contribution in [1.29, 1.82) is 0 Å². The number of hydrogen-bond donors (Lipinski definition) is 0. The Balaban J connectivity index is 1.54. The molecule has 178 valence electrons. The summed E-state index contributed by atoms with van der Waals surface area (Å²) in [6.07, 6.45) is 1.35. The van der Waals surface area contributed by atoms with Crippen LogP contribution in [0.5, 0.6) is 0 Å². The fraction of sp³-hybridized carbons (Fsp3) is 0.560. The van der Waals surface area contributed by atoms with Crippen molar-refractivity contribution in [3.63, 3.8) is 0 Å². The van der Waals surface area contributed by atoms with Crippen molar-refractivity contribution in [2.75, 3.05) is 39.5 Å². The molecule has 0 saturated carbocycles. The van der Waals surface area contributed by atoms with Gasteiger partial charge in [-0.2, -0.15) is 0 Å². The first-order valence-corrected chi connectivity index (χ1v) is 11.6. The largest absolute Gasteiger partial charge is 0.463 e. The summed E-state index contributed by atoms with van der Waals surface area (Å²) in [5, 5.41) is 0. The Labute approximate surface area is 194 Å². The van der Waals surface area contributed by atoms with E-state index in [0.29, 0.717) is 50.4 Å². The molecule has 0 radical (unpaired) electrons. The van der Waals surface area contributed by atoms with Gasteiger partial charge in [0.25, 0.3) is 0 Å². The summed E-state index contributed by atoms with van der Waals surface area (Å²) in [5.74, 6) is -1.72. The molecule has 1 aromatic carbocycles. The van der Waals surface area contributed by atoms with Gasteiger partial charge in [-0.15, -0.1) is 0 Å². The Morgan fingerprint density at radius 2 is 1.85 bits per heavy atom. The summed E-state index contributed by atoms with van der Waals surface area (Å²) >= 11 is 0. The number of benzene rings is 1. The van der Waals surface area contributed by atoms with Gasteiger partial charge < -0.3 is 24.0 Å². The van der Waals surface area contributed by atoms with Crippen LogP contribution in [0.15, 0.2) is 35.5 Å². The quantitative estimate of drug-likeness (QED) is 0.633. The molecule has 3 heterocycles. The molecule has 1 atom stereocenters. The van der Waals surface area contributed by atoms with Gasteiger partial charge in [0, 0.05) is 44.0 Å². The van der Waals surface area contributed by atoms with Crippen LogP contribution >= 0.6 is 0 Å². The van der Waals surface area contributed by atoms with Gasteiger partial charge in [-0.05, 0) is 26.3 Å². The lowest BCUT2D eigenvalue weighted by Gasteiger charge is -2.39. The Kier molecular flexibility index (Phi) is 6.86. The van der Waals surface area contributed by atoms with E-state index in [1.165, 1.54) is 4.90 Å². The summed E-state index contributed by atoms with van der Waals surface area (Å²) in [6, 6.07) is 7.81. The van der Waals surface area contributed by atoms with Crippen molar-refractivity contribution >= 4 is 17.8 Å². The number of nitrogens with zero attached hydrogens (tertiary/aromatic N) is 2. The summed E-state index contributed by atoms with van der Waals surface area (Å²) < 4.78 is 16.8. The predicted molar refractivity (Wildman–Crippen MR) is 120 cm³/mol. The molecule has 2 fully saturated rings. The molecule has 4 rings (SSSR count). The first kappa shape index (κ1) is 23.4. The molecule has 0 aliphatic carbocycles. The van der Waals surface area contributed by atoms with Gasteiger partial charge in [-0.1, -0.05) is 29.8 Å². The number of aryl methyl sites for hydroxylation is 1. The fourth-order valence-electron chi connectivity index (χ4n) is 4.97. The molecule has 3 aliphatic rings. The Hall–Kier alpha value is -2.71. The number of ether oxygens (including phenoxy) is 3. The monoisotopic (exact) mass is 456 g/mol. The van der Waals surface area contributed by atoms with Crippen LogP contribution in [0.1, 0.15) is 50.2 Å². The van der Waals surface area contributed by atoms with Crippen LogP contribution in [0.25, 0.3) is 0 Å².